The highest BCUT2D eigenvalue weighted by Gasteiger charge is 2.13. The highest BCUT2D eigenvalue weighted by Crippen LogP contribution is 2.23. The molecule has 0 radical (unpaired) electrons. The van der Waals surface area contributed by atoms with Crippen LogP contribution in [-0.2, 0) is 13.2 Å². The highest BCUT2D eigenvalue weighted by molar-refractivity contribution is 7.12. The Balaban J connectivity index is 1.64. The maximum absolute atomic E-state index is 12.5. The second-order valence-corrected chi connectivity index (χ2v) is 6.97. The molecule has 27 heavy (non-hydrogen) atoms. The summed E-state index contributed by atoms with van der Waals surface area (Å²) in [5, 5.41) is 9.14. The number of rotatable bonds is 7. The minimum Gasteiger partial charge on any atom is -0.488 e. The van der Waals surface area contributed by atoms with Crippen molar-refractivity contribution in [2.75, 3.05) is 5.32 Å². The molecule has 0 saturated carbocycles. The Morgan fingerprint density at radius 2 is 2.19 bits per heavy atom. The summed E-state index contributed by atoms with van der Waals surface area (Å²) in [6.45, 7) is 7.14. The van der Waals surface area contributed by atoms with Crippen molar-refractivity contribution in [3.05, 3.63) is 69.7 Å². The van der Waals surface area contributed by atoms with Gasteiger partial charge in [0.25, 0.3) is 5.91 Å². The van der Waals surface area contributed by atoms with Crippen LogP contribution in [0.15, 0.2) is 48.0 Å². The SMILES string of the molecule is C/C=C/c1ccccc1OCc1csc(C(=O)Nc2cnn(CC)c2C)c1. The first-order valence-electron chi connectivity index (χ1n) is 8.88. The lowest BCUT2D eigenvalue weighted by Crippen LogP contribution is -2.11. The molecule has 1 amide bonds. The first-order valence-corrected chi connectivity index (χ1v) is 9.76. The van der Waals surface area contributed by atoms with Gasteiger partial charge in [-0.15, -0.1) is 11.3 Å². The van der Waals surface area contributed by atoms with E-state index in [1.54, 1.807) is 6.20 Å². The number of hydrogen-bond donors (Lipinski definition) is 1. The van der Waals surface area contributed by atoms with Crippen LogP contribution in [0.2, 0.25) is 0 Å². The van der Waals surface area contributed by atoms with Crippen molar-refractivity contribution < 1.29 is 9.53 Å². The van der Waals surface area contributed by atoms with Crippen LogP contribution in [0.3, 0.4) is 0 Å². The molecule has 0 unspecified atom stereocenters. The standard InChI is InChI=1S/C21H23N3O2S/c1-4-8-17-9-6-7-10-19(17)26-13-16-11-20(27-14-16)21(25)23-18-12-22-24(5-2)15(18)3/h4,6-12,14H,5,13H2,1-3H3,(H,23,25)/b8-4+. The number of carbonyl (C=O) groups is 1. The van der Waals surface area contributed by atoms with Crippen LogP contribution in [0.25, 0.3) is 6.08 Å². The molecule has 140 valence electrons. The van der Waals surface area contributed by atoms with Gasteiger partial charge in [-0.05, 0) is 38.3 Å². The molecular formula is C21H23N3O2S. The van der Waals surface area contributed by atoms with Crippen LogP contribution in [0.5, 0.6) is 5.75 Å². The molecule has 0 aliphatic rings. The van der Waals surface area contributed by atoms with E-state index >= 15 is 0 Å². The van der Waals surface area contributed by atoms with Gasteiger partial charge in [0.15, 0.2) is 0 Å². The fourth-order valence-electron chi connectivity index (χ4n) is 2.73. The number of ether oxygens (including phenoxy) is 1. The van der Waals surface area contributed by atoms with Gasteiger partial charge in [0.2, 0.25) is 0 Å². The van der Waals surface area contributed by atoms with Gasteiger partial charge in [-0.3, -0.25) is 9.48 Å². The largest absolute Gasteiger partial charge is 0.488 e. The molecule has 2 aromatic heterocycles. The smallest absolute Gasteiger partial charge is 0.265 e. The number of para-hydroxylation sites is 1. The van der Waals surface area contributed by atoms with Gasteiger partial charge in [-0.2, -0.15) is 5.10 Å². The summed E-state index contributed by atoms with van der Waals surface area (Å²) in [6, 6.07) is 9.77. The molecule has 0 fully saturated rings. The van der Waals surface area contributed by atoms with Crippen LogP contribution in [0, 0.1) is 6.92 Å². The molecule has 5 nitrogen and oxygen atoms in total. The molecule has 0 spiro atoms. The Kier molecular flexibility index (Phi) is 6.08. The number of anilines is 1. The van der Waals surface area contributed by atoms with E-state index in [-0.39, 0.29) is 5.91 Å². The number of nitrogens with zero attached hydrogens (tertiary/aromatic N) is 2. The van der Waals surface area contributed by atoms with E-state index in [1.165, 1.54) is 11.3 Å². The number of allylic oxidation sites excluding steroid dienone is 1. The molecule has 2 heterocycles. The average molecular weight is 382 g/mol. The molecule has 1 N–H and O–H groups in total. The Morgan fingerprint density at radius 1 is 1.37 bits per heavy atom. The molecule has 3 aromatic rings. The average Bonchev–Trinajstić information content (AvgIpc) is 3.28. The quantitative estimate of drug-likeness (QED) is 0.617. The topological polar surface area (TPSA) is 56.1 Å². The van der Waals surface area contributed by atoms with Crippen LogP contribution in [0.1, 0.15) is 40.3 Å². The second kappa shape index (κ2) is 8.68. The summed E-state index contributed by atoms with van der Waals surface area (Å²) >= 11 is 1.41. The summed E-state index contributed by atoms with van der Waals surface area (Å²) in [5.41, 5.74) is 3.71. The van der Waals surface area contributed by atoms with Gasteiger partial charge < -0.3 is 10.1 Å². The third kappa shape index (κ3) is 4.46. The lowest BCUT2D eigenvalue weighted by molar-refractivity contribution is 0.103. The van der Waals surface area contributed by atoms with Crippen LogP contribution < -0.4 is 10.1 Å². The normalized spacial score (nSPS) is 11.1. The maximum atomic E-state index is 12.5. The third-order valence-electron chi connectivity index (χ3n) is 4.19. The summed E-state index contributed by atoms with van der Waals surface area (Å²) in [7, 11) is 0. The Hall–Kier alpha value is -2.86. The summed E-state index contributed by atoms with van der Waals surface area (Å²) in [6.07, 6.45) is 5.69. The van der Waals surface area contributed by atoms with Crippen molar-refractivity contribution >= 4 is 29.0 Å². The van der Waals surface area contributed by atoms with Crippen LogP contribution in [-0.4, -0.2) is 15.7 Å². The molecule has 0 bridgehead atoms. The van der Waals surface area contributed by atoms with Gasteiger partial charge >= 0.3 is 0 Å². The molecule has 0 saturated heterocycles. The number of aryl methyl sites for hydroxylation is 1. The minimum atomic E-state index is -0.126. The van der Waals surface area contributed by atoms with Gasteiger partial charge in [-0.1, -0.05) is 30.4 Å². The van der Waals surface area contributed by atoms with Gasteiger partial charge in [0, 0.05) is 17.7 Å². The van der Waals surface area contributed by atoms with Gasteiger partial charge in [-0.25, -0.2) is 0 Å². The van der Waals surface area contributed by atoms with Crippen molar-refractivity contribution in [1.29, 1.82) is 0 Å². The molecule has 0 atom stereocenters. The first-order chi connectivity index (χ1) is 13.1. The van der Waals surface area contributed by atoms with E-state index in [2.05, 4.69) is 10.4 Å². The lowest BCUT2D eigenvalue weighted by Gasteiger charge is -2.08. The van der Waals surface area contributed by atoms with Crippen molar-refractivity contribution in [3.8, 4) is 5.75 Å². The van der Waals surface area contributed by atoms with E-state index in [4.69, 9.17) is 4.74 Å². The second-order valence-electron chi connectivity index (χ2n) is 6.06. The van der Waals surface area contributed by atoms with E-state index in [0.29, 0.717) is 11.5 Å². The molecule has 0 aliphatic heterocycles. The van der Waals surface area contributed by atoms with E-state index in [9.17, 15) is 4.79 Å². The molecule has 0 aliphatic carbocycles. The predicted octanol–water partition coefficient (Wildman–Crippen LogP) is 5.14. The van der Waals surface area contributed by atoms with E-state index < -0.39 is 0 Å². The number of thiophene rings is 1. The summed E-state index contributed by atoms with van der Waals surface area (Å²) < 4.78 is 7.79. The fraction of sp³-hybridized carbons (Fsp3) is 0.238. The maximum Gasteiger partial charge on any atom is 0.265 e. The Bertz CT molecular complexity index is 956. The predicted molar refractivity (Wildman–Crippen MR) is 110 cm³/mol. The highest BCUT2D eigenvalue weighted by atomic mass is 32.1. The Morgan fingerprint density at radius 3 is 2.93 bits per heavy atom. The molecule has 6 heteroatoms. The minimum absolute atomic E-state index is 0.126. The van der Waals surface area contributed by atoms with Crippen molar-refractivity contribution in [2.24, 2.45) is 0 Å². The zero-order chi connectivity index (χ0) is 19.2. The number of hydrogen-bond acceptors (Lipinski definition) is 4. The fourth-order valence-corrected chi connectivity index (χ4v) is 3.52. The number of benzene rings is 1. The molecular weight excluding hydrogens is 358 g/mol. The van der Waals surface area contributed by atoms with Crippen molar-refractivity contribution in [2.45, 2.75) is 33.9 Å². The van der Waals surface area contributed by atoms with E-state index in [1.807, 2.05) is 73.3 Å². The summed E-state index contributed by atoms with van der Waals surface area (Å²) in [4.78, 5) is 13.2. The van der Waals surface area contributed by atoms with Gasteiger partial charge in [0.05, 0.1) is 22.5 Å². The monoisotopic (exact) mass is 381 g/mol. The molecule has 1 aromatic carbocycles. The van der Waals surface area contributed by atoms with E-state index in [0.717, 1.165) is 34.8 Å². The van der Waals surface area contributed by atoms with Crippen LogP contribution >= 0.6 is 11.3 Å². The third-order valence-corrected chi connectivity index (χ3v) is 5.17. The lowest BCUT2D eigenvalue weighted by atomic mass is 10.2. The Labute approximate surface area is 163 Å². The van der Waals surface area contributed by atoms with Gasteiger partial charge in [0.1, 0.15) is 12.4 Å². The number of aromatic nitrogens is 2. The molecule has 3 rings (SSSR count). The van der Waals surface area contributed by atoms with Crippen LogP contribution in [0.4, 0.5) is 5.69 Å². The first kappa shape index (κ1) is 18.9. The summed E-state index contributed by atoms with van der Waals surface area (Å²) in [5.74, 6) is 0.703. The zero-order valence-electron chi connectivity index (χ0n) is 15.7. The number of carbonyl (C=O) groups excluding carboxylic acids is 1. The zero-order valence-corrected chi connectivity index (χ0v) is 16.5. The van der Waals surface area contributed by atoms with Crippen molar-refractivity contribution in [1.82, 2.24) is 9.78 Å². The number of amides is 1. The number of nitrogens with one attached hydrogen (secondary N) is 1. The van der Waals surface area contributed by atoms with Crippen molar-refractivity contribution in [3.63, 3.8) is 0 Å².